The number of Topliss-reactive ketones (excluding diaryl/α,β-unsaturated/α-hetero) is 2. The van der Waals surface area contributed by atoms with Crippen molar-refractivity contribution in [1.82, 2.24) is 9.80 Å². The summed E-state index contributed by atoms with van der Waals surface area (Å²) < 4.78 is 23.6. The summed E-state index contributed by atoms with van der Waals surface area (Å²) in [4.78, 5) is 57.2. The van der Waals surface area contributed by atoms with Crippen molar-refractivity contribution in [2.45, 2.75) is 94.3 Å². The van der Waals surface area contributed by atoms with E-state index in [1.807, 2.05) is 100 Å². The zero-order chi connectivity index (χ0) is 45.3. The Morgan fingerprint density at radius 1 is 0.548 bits per heavy atom. The number of carbonyl (C=O) groups excluding carboxylic acids is 4. The first-order valence-corrected chi connectivity index (χ1v) is 22.0. The van der Waals surface area contributed by atoms with Crippen LogP contribution >= 0.6 is 0 Å². The third kappa shape index (κ3) is 14.2. The van der Waals surface area contributed by atoms with Crippen LogP contribution in [0.5, 0.6) is 11.5 Å². The normalized spacial score (nSPS) is 12.4. The molecule has 0 amide bonds. The molecule has 0 spiro atoms. The highest BCUT2D eigenvalue weighted by Crippen LogP contribution is 2.37. The van der Waals surface area contributed by atoms with E-state index in [-0.39, 0.29) is 24.4 Å². The molecule has 0 aliphatic rings. The van der Waals surface area contributed by atoms with Crippen LogP contribution in [0.2, 0.25) is 0 Å². The molecule has 0 bridgehead atoms. The lowest BCUT2D eigenvalue weighted by Gasteiger charge is -2.21. The second-order valence-corrected chi connectivity index (χ2v) is 15.9. The van der Waals surface area contributed by atoms with Gasteiger partial charge in [-0.15, -0.1) is 0 Å². The Morgan fingerprint density at radius 2 is 0.984 bits per heavy atom. The minimum atomic E-state index is -0.793. The molecule has 62 heavy (non-hydrogen) atoms. The molecule has 332 valence electrons. The maximum atomic E-state index is 13.6. The summed E-state index contributed by atoms with van der Waals surface area (Å²) in [5, 5.41) is 0. The van der Waals surface area contributed by atoms with Gasteiger partial charge in [-0.3, -0.25) is 9.59 Å². The molecule has 4 rings (SSSR count). The largest absolute Gasteiger partial charge is 0.491 e. The van der Waals surface area contributed by atoms with Crippen molar-refractivity contribution in [3.05, 3.63) is 118 Å². The Hall–Kier alpha value is -5.58. The molecule has 0 N–H and O–H groups in total. The molecule has 0 fully saturated rings. The van der Waals surface area contributed by atoms with E-state index in [1.165, 1.54) is 0 Å². The summed E-state index contributed by atoms with van der Waals surface area (Å²) in [6, 6.07) is 23.4. The topological polar surface area (TPSA) is 112 Å². The van der Waals surface area contributed by atoms with Crippen LogP contribution in [0.1, 0.15) is 97.4 Å². The van der Waals surface area contributed by atoms with Gasteiger partial charge in [0, 0.05) is 60.3 Å². The van der Waals surface area contributed by atoms with E-state index in [4.69, 9.17) is 18.9 Å². The second-order valence-electron chi connectivity index (χ2n) is 15.9. The van der Waals surface area contributed by atoms with Crippen LogP contribution < -0.4 is 9.47 Å². The maximum Gasteiger partial charge on any atom is 0.331 e. The molecular weight excluding hydrogens is 781 g/mol. The number of ketones is 2. The third-order valence-electron chi connectivity index (χ3n) is 11.0. The summed E-state index contributed by atoms with van der Waals surface area (Å²) in [7, 11) is 0. The molecule has 0 aliphatic heterocycles. The molecule has 0 radical (unpaired) electrons. The van der Waals surface area contributed by atoms with Crippen molar-refractivity contribution in [3.63, 3.8) is 0 Å². The molecular formula is C52H66N2O8. The lowest BCUT2D eigenvalue weighted by atomic mass is 9.93. The monoisotopic (exact) mass is 846 g/mol. The lowest BCUT2D eigenvalue weighted by Crippen LogP contribution is -2.28. The maximum absolute atomic E-state index is 13.6. The quantitative estimate of drug-likeness (QED) is 0.0384. The molecule has 10 nitrogen and oxygen atoms in total. The van der Waals surface area contributed by atoms with E-state index >= 15 is 0 Å². The van der Waals surface area contributed by atoms with Crippen LogP contribution in [0.4, 0.5) is 0 Å². The second kappa shape index (κ2) is 24.2. The smallest absolute Gasteiger partial charge is 0.331 e. The van der Waals surface area contributed by atoms with Gasteiger partial charge in [-0.25, -0.2) is 9.59 Å². The van der Waals surface area contributed by atoms with Crippen molar-refractivity contribution >= 4 is 23.5 Å². The van der Waals surface area contributed by atoms with Crippen LogP contribution in [-0.4, -0.2) is 98.0 Å². The highest BCUT2D eigenvalue weighted by molar-refractivity contribution is 6.00. The Balaban J connectivity index is 1.36. The van der Waals surface area contributed by atoms with E-state index in [0.29, 0.717) is 24.3 Å². The Kier molecular flexibility index (Phi) is 19.1. The number of nitrogens with zero attached hydrogens (tertiary/aromatic N) is 2. The third-order valence-corrected chi connectivity index (χ3v) is 11.0. The van der Waals surface area contributed by atoms with Gasteiger partial charge in [0.25, 0.3) is 0 Å². The molecule has 2 atom stereocenters. The Morgan fingerprint density at radius 3 is 1.44 bits per heavy atom. The number of ether oxygens (including phenoxy) is 4. The van der Waals surface area contributed by atoms with Gasteiger partial charge in [0.15, 0.2) is 11.6 Å². The number of hydrogen-bond acceptors (Lipinski definition) is 10. The first-order valence-electron chi connectivity index (χ1n) is 22.0. The van der Waals surface area contributed by atoms with Crippen molar-refractivity contribution < 1.29 is 38.1 Å². The average molecular weight is 847 g/mol. The van der Waals surface area contributed by atoms with Gasteiger partial charge in [0.1, 0.15) is 36.9 Å². The molecule has 0 saturated heterocycles. The average Bonchev–Trinajstić information content (AvgIpc) is 3.24. The van der Waals surface area contributed by atoms with E-state index in [1.54, 1.807) is 13.8 Å². The minimum absolute atomic E-state index is 0.0629. The lowest BCUT2D eigenvalue weighted by molar-refractivity contribution is -0.144. The van der Waals surface area contributed by atoms with Gasteiger partial charge in [0.05, 0.1) is 0 Å². The predicted molar refractivity (Wildman–Crippen MR) is 247 cm³/mol. The first kappa shape index (κ1) is 49.1. The van der Waals surface area contributed by atoms with Gasteiger partial charge in [-0.2, -0.15) is 0 Å². The van der Waals surface area contributed by atoms with E-state index < -0.39 is 24.1 Å². The first-order chi connectivity index (χ1) is 29.7. The van der Waals surface area contributed by atoms with Gasteiger partial charge in [0.2, 0.25) is 0 Å². The molecule has 2 unspecified atom stereocenters. The van der Waals surface area contributed by atoms with Crippen LogP contribution in [0.25, 0.3) is 22.3 Å². The highest BCUT2D eigenvalue weighted by Gasteiger charge is 2.22. The zero-order valence-corrected chi connectivity index (χ0v) is 38.5. The number of hydrogen-bond donors (Lipinski definition) is 0. The van der Waals surface area contributed by atoms with Crippen LogP contribution in [-0.2, 0) is 19.1 Å². The van der Waals surface area contributed by atoms with Crippen LogP contribution in [0.3, 0.4) is 0 Å². The summed E-state index contributed by atoms with van der Waals surface area (Å²) in [6.45, 7) is 26.0. The van der Waals surface area contributed by atoms with Crippen molar-refractivity contribution in [2.24, 2.45) is 0 Å². The fourth-order valence-corrected chi connectivity index (χ4v) is 7.36. The number of likely N-dealkylation sites (N-methyl/N-ethyl adjacent to an activating group) is 2. The van der Waals surface area contributed by atoms with Crippen molar-refractivity contribution in [1.29, 1.82) is 0 Å². The number of rotatable bonds is 24. The van der Waals surface area contributed by atoms with E-state index in [9.17, 15) is 19.2 Å². The van der Waals surface area contributed by atoms with Crippen molar-refractivity contribution in [3.8, 4) is 33.8 Å². The zero-order valence-electron chi connectivity index (χ0n) is 38.5. The van der Waals surface area contributed by atoms with Crippen molar-refractivity contribution in [2.75, 3.05) is 52.5 Å². The van der Waals surface area contributed by atoms with Gasteiger partial charge in [-0.1, -0.05) is 81.8 Å². The predicted octanol–water partition coefficient (Wildman–Crippen LogP) is 9.96. The summed E-state index contributed by atoms with van der Waals surface area (Å²) >= 11 is 0. The summed E-state index contributed by atoms with van der Waals surface area (Å²) in [5.74, 6) is -0.510. The van der Waals surface area contributed by atoms with Gasteiger partial charge >= 0.3 is 11.9 Å². The van der Waals surface area contributed by atoms with E-state index in [0.717, 1.165) is 107 Å². The number of benzene rings is 4. The Bertz CT molecular complexity index is 2170. The van der Waals surface area contributed by atoms with E-state index in [2.05, 4.69) is 37.5 Å². The number of esters is 2. The molecule has 0 aliphatic carbocycles. The fraction of sp³-hybridized carbons (Fsp3) is 0.423. The molecule has 4 aromatic carbocycles. The minimum Gasteiger partial charge on any atom is -0.491 e. The molecule has 10 heteroatoms. The summed E-state index contributed by atoms with van der Waals surface area (Å²) in [6.07, 6.45) is 0.274. The van der Waals surface area contributed by atoms with Crippen LogP contribution in [0, 0.1) is 27.7 Å². The summed E-state index contributed by atoms with van der Waals surface area (Å²) in [5.41, 5.74) is 8.38. The molecule has 0 heterocycles. The van der Waals surface area contributed by atoms with Gasteiger partial charge in [-0.05, 0) is 120 Å². The Labute approximate surface area is 369 Å². The van der Waals surface area contributed by atoms with Gasteiger partial charge < -0.3 is 28.7 Å². The number of aryl methyl sites for hydroxylation is 4. The number of carbonyl (C=O) groups is 4. The highest BCUT2D eigenvalue weighted by atomic mass is 16.5. The molecule has 0 saturated carbocycles. The van der Waals surface area contributed by atoms with Crippen LogP contribution in [0.15, 0.2) is 84.9 Å². The molecule has 0 aromatic heterocycles. The SMILES string of the molecule is CCN(CC)CCOc1c(C)cc(C(=O)CC(C)OC(=O)/C=C/C(=O)OC(C)CC(=O)c2cc(C)c(OCCN(CC)CC)c(-c3ccccc3C)c2)cc1-c1ccc(C)cc1. The standard InChI is InChI=1S/C52H66N2O8/c1-11-53(12-2)25-27-59-51-37(7)29-42(33-45(51)41-21-19-35(5)20-22-41)47(55)31-39(9)61-49(57)23-24-50(58)62-40(10)32-48(56)43-30-38(8)52(60-28-26-54(13-3)14-4)46(34-43)44-18-16-15-17-36(44)6/h15-24,29-30,33-34,39-40H,11-14,25-28,31-32H2,1-10H3/b24-23+. The molecule has 4 aromatic rings. The fourth-order valence-electron chi connectivity index (χ4n) is 7.36.